The van der Waals surface area contributed by atoms with Crippen molar-refractivity contribution >= 4 is 12.6 Å². The van der Waals surface area contributed by atoms with E-state index in [1.54, 1.807) is 30.3 Å². The fourth-order valence-corrected chi connectivity index (χ4v) is 1.76. The Morgan fingerprint density at radius 3 is 2.10 bits per heavy atom. The lowest BCUT2D eigenvalue weighted by molar-refractivity contribution is -0.274. The van der Waals surface area contributed by atoms with Gasteiger partial charge in [0.2, 0.25) is 0 Å². The molecular weight excluding hydrogens is 272 g/mol. The normalized spacial score (nSPS) is 11.2. The second-order valence-corrected chi connectivity index (χ2v) is 4.08. The average molecular weight is 282 g/mol. The third-order valence-corrected chi connectivity index (χ3v) is 2.57. The smallest absolute Gasteiger partial charge is 0.423 e. The SMILES string of the molecule is OB(O)c1cc(OC(F)(F)F)cc(-c2ccccc2)c1. The molecule has 0 aliphatic heterocycles. The second-order valence-electron chi connectivity index (χ2n) is 4.08. The summed E-state index contributed by atoms with van der Waals surface area (Å²) in [6.45, 7) is 0. The van der Waals surface area contributed by atoms with Gasteiger partial charge >= 0.3 is 13.5 Å². The van der Waals surface area contributed by atoms with E-state index >= 15 is 0 Å². The van der Waals surface area contributed by atoms with Crippen LogP contribution in [0.1, 0.15) is 0 Å². The summed E-state index contributed by atoms with van der Waals surface area (Å²) < 4.78 is 40.6. The summed E-state index contributed by atoms with van der Waals surface area (Å²) in [7, 11) is -1.88. The molecule has 2 aromatic rings. The molecule has 104 valence electrons. The fourth-order valence-electron chi connectivity index (χ4n) is 1.76. The summed E-state index contributed by atoms with van der Waals surface area (Å²) in [4.78, 5) is 0. The van der Waals surface area contributed by atoms with Crippen molar-refractivity contribution in [3.05, 3.63) is 48.5 Å². The van der Waals surface area contributed by atoms with E-state index in [-0.39, 0.29) is 5.46 Å². The van der Waals surface area contributed by atoms with Crippen LogP contribution in [-0.2, 0) is 0 Å². The fraction of sp³-hybridized carbons (Fsp3) is 0.0769. The average Bonchev–Trinajstić information content (AvgIpc) is 2.37. The molecule has 7 heteroatoms. The van der Waals surface area contributed by atoms with Crippen LogP contribution in [0.25, 0.3) is 11.1 Å². The maximum atomic E-state index is 12.3. The first-order chi connectivity index (χ1) is 9.35. The number of rotatable bonds is 3. The lowest BCUT2D eigenvalue weighted by Crippen LogP contribution is -2.30. The highest BCUT2D eigenvalue weighted by Gasteiger charge is 2.31. The van der Waals surface area contributed by atoms with Crippen LogP contribution < -0.4 is 10.2 Å². The molecule has 0 radical (unpaired) electrons. The van der Waals surface area contributed by atoms with Crippen molar-refractivity contribution in [1.29, 1.82) is 0 Å². The van der Waals surface area contributed by atoms with Crippen LogP contribution in [0.3, 0.4) is 0 Å². The topological polar surface area (TPSA) is 49.7 Å². The molecule has 0 aromatic heterocycles. The molecule has 0 heterocycles. The Morgan fingerprint density at radius 1 is 0.900 bits per heavy atom. The summed E-state index contributed by atoms with van der Waals surface area (Å²) in [5.74, 6) is -0.498. The molecule has 20 heavy (non-hydrogen) atoms. The van der Waals surface area contributed by atoms with Gasteiger partial charge in [-0.2, -0.15) is 0 Å². The zero-order valence-electron chi connectivity index (χ0n) is 10.1. The van der Waals surface area contributed by atoms with E-state index in [1.807, 2.05) is 0 Å². The first kappa shape index (κ1) is 14.4. The van der Waals surface area contributed by atoms with Gasteiger partial charge in [0.25, 0.3) is 0 Å². The zero-order valence-corrected chi connectivity index (χ0v) is 10.1. The van der Waals surface area contributed by atoms with Gasteiger partial charge in [0.15, 0.2) is 0 Å². The van der Waals surface area contributed by atoms with E-state index in [2.05, 4.69) is 4.74 Å². The number of hydrogen-bond acceptors (Lipinski definition) is 3. The van der Waals surface area contributed by atoms with E-state index in [0.29, 0.717) is 11.1 Å². The lowest BCUT2D eigenvalue weighted by atomic mass is 9.79. The minimum atomic E-state index is -4.84. The predicted octanol–water partition coefficient (Wildman–Crippen LogP) is 1.93. The minimum Gasteiger partial charge on any atom is -0.423 e. The predicted molar refractivity (Wildman–Crippen MR) is 68.4 cm³/mol. The van der Waals surface area contributed by atoms with Crippen LogP contribution in [-0.4, -0.2) is 23.5 Å². The Hall–Kier alpha value is -1.99. The largest absolute Gasteiger partial charge is 0.573 e. The lowest BCUT2D eigenvalue weighted by Gasteiger charge is -2.12. The van der Waals surface area contributed by atoms with Crippen LogP contribution in [0.2, 0.25) is 0 Å². The van der Waals surface area contributed by atoms with Crippen LogP contribution in [0.5, 0.6) is 5.75 Å². The highest BCUT2D eigenvalue weighted by molar-refractivity contribution is 6.58. The monoisotopic (exact) mass is 282 g/mol. The number of ether oxygens (including phenoxy) is 1. The van der Waals surface area contributed by atoms with Gasteiger partial charge in [-0.1, -0.05) is 36.4 Å². The molecule has 0 amide bonds. The van der Waals surface area contributed by atoms with Crippen LogP contribution in [0, 0.1) is 0 Å². The number of alkyl halides is 3. The zero-order chi connectivity index (χ0) is 14.8. The number of hydrogen-bond donors (Lipinski definition) is 2. The molecule has 0 fully saturated rings. The summed E-state index contributed by atoms with van der Waals surface area (Å²) >= 11 is 0. The summed E-state index contributed by atoms with van der Waals surface area (Å²) in [6, 6.07) is 12.1. The molecule has 0 spiro atoms. The molecule has 0 aliphatic carbocycles. The molecule has 0 bridgehead atoms. The van der Waals surface area contributed by atoms with Crippen LogP contribution in [0.4, 0.5) is 13.2 Å². The van der Waals surface area contributed by atoms with Gasteiger partial charge in [-0.25, -0.2) is 0 Å². The van der Waals surface area contributed by atoms with Gasteiger partial charge in [-0.05, 0) is 28.7 Å². The summed E-state index contributed by atoms with van der Waals surface area (Å²) in [5.41, 5.74) is 0.961. The Balaban J connectivity index is 2.47. The second kappa shape index (κ2) is 5.56. The van der Waals surface area contributed by atoms with Gasteiger partial charge in [0.05, 0.1) is 0 Å². The molecule has 0 saturated heterocycles. The number of benzene rings is 2. The maximum absolute atomic E-state index is 12.3. The molecule has 2 N–H and O–H groups in total. The summed E-state index contributed by atoms with van der Waals surface area (Å²) in [6.07, 6.45) is -4.84. The van der Waals surface area contributed by atoms with Crippen LogP contribution in [0.15, 0.2) is 48.5 Å². The Bertz CT molecular complexity index is 585. The minimum absolute atomic E-state index is 0.0781. The standard InChI is InChI=1S/C13H10BF3O3/c15-13(16,17)20-12-7-10(6-11(8-12)14(18)19)9-4-2-1-3-5-9/h1-8,18-19H. The molecule has 0 unspecified atom stereocenters. The van der Waals surface area contributed by atoms with E-state index < -0.39 is 19.2 Å². The highest BCUT2D eigenvalue weighted by atomic mass is 19.4. The van der Waals surface area contributed by atoms with Crippen molar-refractivity contribution in [1.82, 2.24) is 0 Å². The van der Waals surface area contributed by atoms with E-state index in [1.165, 1.54) is 12.1 Å². The first-order valence-electron chi connectivity index (χ1n) is 5.67. The molecule has 3 nitrogen and oxygen atoms in total. The number of halogens is 3. The highest BCUT2D eigenvalue weighted by Crippen LogP contribution is 2.27. The van der Waals surface area contributed by atoms with Crippen LogP contribution >= 0.6 is 0 Å². The third-order valence-electron chi connectivity index (χ3n) is 2.57. The van der Waals surface area contributed by atoms with Gasteiger partial charge in [-0.15, -0.1) is 13.2 Å². The van der Waals surface area contributed by atoms with Crippen molar-refractivity contribution < 1.29 is 28.0 Å². The van der Waals surface area contributed by atoms with Crippen molar-refractivity contribution in [2.45, 2.75) is 6.36 Å². The van der Waals surface area contributed by atoms with E-state index in [4.69, 9.17) is 10.0 Å². The quantitative estimate of drug-likeness (QED) is 0.846. The van der Waals surface area contributed by atoms with E-state index in [0.717, 1.165) is 6.07 Å². The maximum Gasteiger partial charge on any atom is 0.573 e. The van der Waals surface area contributed by atoms with E-state index in [9.17, 15) is 13.2 Å². The molecule has 2 aromatic carbocycles. The Morgan fingerprint density at radius 2 is 1.55 bits per heavy atom. The molecular formula is C13H10BF3O3. The third kappa shape index (κ3) is 3.75. The van der Waals surface area contributed by atoms with Crippen molar-refractivity contribution in [3.63, 3.8) is 0 Å². The molecule has 2 rings (SSSR count). The van der Waals surface area contributed by atoms with Gasteiger partial charge in [0, 0.05) is 0 Å². The van der Waals surface area contributed by atoms with Gasteiger partial charge < -0.3 is 14.8 Å². The van der Waals surface area contributed by atoms with Crippen molar-refractivity contribution in [3.8, 4) is 16.9 Å². The molecule has 0 saturated carbocycles. The van der Waals surface area contributed by atoms with Crippen molar-refractivity contribution in [2.24, 2.45) is 0 Å². The Labute approximate surface area is 113 Å². The Kier molecular flexibility index (Phi) is 4.01. The first-order valence-corrected chi connectivity index (χ1v) is 5.67. The van der Waals surface area contributed by atoms with Gasteiger partial charge in [-0.3, -0.25) is 0 Å². The summed E-state index contributed by atoms with van der Waals surface area (Å²) in [5, 5.41) is 18.3. The molecule has 0 atom stereocenters. The van der Waals surface area contributed by atoms with Crippen molar-refractivity contribution in [2.75, 3.05) is 0 Å². The molecule has 0 aliphatic rings. The van der Waals surface area contributed by atoms with Gasteiger partial charge in [0.1, 0.15) is 5.75 Å².